The molecule has 0 aliphatic carbocycles. The van der Waals surface area contributed by atoms with E-state index in [2.05, 4.69) is 22.1 Å². The van der Waals surface area contributed by atoms with Gasteiger partial charge in [-0.2, -0.15) is 11.3 Å². The van der Waals surface area contributed by atoms with Gasteiger partial charge >= 0.3 is 0 Å². The molecule has 2 N–H and O–H groups in total. The van der Waals surface area contributed by atoms with E-state index >= 15 is 0 Å². The number of methoxy groups -OCH3 is 1. The van der Waals surface area contributed by atoms with E-state index in [-0.39, 0.29) is 18.1 Å². The van der Waals surface area contributed by atoms with Gasteiger partial charge in [0.25, 0.3) is 0 Å². The summed E-state index contributed by atoms with van der Waals surface area (Å²) in [5.74, 6) is 0.104. The van der Waals surface area contributed by atoms with E-state index < -0.39 is 0 Å². The van der Waals surface area contributed by atoms with E-state index in [9.17, 15) is 4.79 Å². The fourth-order valence-corrected chi connectivity index (χ4v) is 2.72. The second kappa shape index (κ2) is 6.14. The Morgan fingerprint density at radius 1 is 1.65 bits per heavy atom. The molecule has 0 aromatic carbocycles. The predicted octanol–water partition coefficient (Wildman–Crippen LogP) is 0.784. The quantitative estimate of drug-likeness (QED) is 0.816. The highest BCUT2D eigenvalue weighted by Crippen LogP contribution is 2.09. The molecule has 1 aliphatic heterocycles. The van der Waals surface area contributed by atoms with E-state index in [0.717, 1.165) is 19.5 Å². The zero-order valence-electron chi connectivity index (χ0n) is 9.94. The van der Waals surface area contributed by atoms with E-state index in [1.54, 1.807) is 18.4 Å². The molecule has 2 atom stereocenters. The molecule has 0 saturated carbocycles. The molecule has 1 aromatic rings. The van der Waals surface area contributed by atoms with Crippen LogP contribution in [0.4, 0.5) is 0 Å². The van der Waals surface area contributed by atoms with Crippen molar-refractivity contribution in [3.05, 3.63) is 22.4 Å². The molecule has 1 fully saturated rings. The predicted molar refractivity (Wildman–Crippen MR) is 68.2 cm³/mol. The third kappa shape index (κ3) is 3.52. The SMILES string of the molecule is CO[C@H]1CNC[C@@H]1NC(=O)CCc1ccsc1. The summed E-state index contributed by atoms with van der Waals surface area (Å²) < 4.78 is 5.30. The summed E-state index contributed by atoms with van der Waals surface area (Å²) in [6.07, 6.45) is 1.46. The zero-order chi connectivity index (χ0) is 12.1. The summed E-state index contributed by atoms with van der Waals surface area (Å²) in [5, 5.41) is 10.4. The van der Waals surface area contributed by atoms with E-state index in [1.807, 2.05) is 5.38 Å². The van der Waals surface area contributed by atoms with E-state index in [4.69, 9.17) is 4.74 Å². The highest BCUT2D eigenvalue weighted by Gasteiger charge is 2.27. The summed E-state index contributed by atoms with van der Waals surface area (Å²) in [6, 6.07) is 2.17. The number of hydrogen-bond donors (Lipinski definition) is 2. The highest BCUT2D eigenvalue weighted by atomic mass is 32.1. The second-order valence-electron chi connectivity index (χ2n) is 4.24. The van der Waals surface area contributed by atoms with Crippen LogP contribution in [0.2, 0.25) is 0 Å². The zero-order valence-corrected chi connectivity index (χ0v) is 10.8. The third-order valence-corrected chi connectivity index (χ3v) is 3.76. The van der Waals surface area contributed by atoms with Gasteiger partial charge < -0.3 is 15.4 Å². The van der Waals surface area contributed by atoms with Crippen LogP contribution in [0, 0.1) is 0 Å². The lowest BCUT2D eigenvalue weighted by Gasteiger charge is -2.18. The van der Waals surface area contributed by atoms with Crippen LogP contribution in [0.15, 0.2) is 16.8 Å². The van der Waals surface area contributed by atoms with Crippen molar-refractivity contribution in [2.24, 2.45) is 0 Å². The van der Waals surface area contributed by atoms with Crippen molar-refractivity contribution in [2.75, 3.05) is 20.2 Å². The van der Waals surface area contributed by atoms with Crippen molar-refractivity contribution in [1.29, 1.82) is 0 Å². The van der Waals surface area contributed by atoms with Crippen LogP contribution < -0.4 is 10.6 Å². The van der Waals surface area contributed by atoms with Crippen molar-refractivity contribution >= 4 is 17.2 Å². The maximum atomic E-state index is 11.8. The average molecular weight is 254 g/mol. The normalized spacial score (nSPS) is 23.8. The Morgan fingerprint density at radius 2 is 2.53 bits per heavy atom. The largest absolute Gasteiger partial charge is 0.378 e. The smallest absolute Gasteiger partial charge is 0.220 e. The van der Waals surface area contributed by atoms with E-state index in [1.165, 1.54) is 5.56 Å². The van der Waals surface area contributed by atoms with Gasteiger partial charge in [0.15, 0.2) is 0 Å². The molecule has 1 saturated heterocycles. The van der Waals surface area contributed by atoms with Gasteiger partial charge in [-0.15, -0.1) is 0 Å². The lowest BCUT2D eigenvalue weighted by Crippen LogP contribution is -2.43. The lowest BCUT2D eigenvalue weighted by atomic mass is 10.1. The average Bonchev–Trinajstić information content (AvgIpc) is 2.97. The number of ether oxygens (including phenoxy) is 1. The van der Waals surface area contributed by atoms with Crippen LogP contribution in [-0.4, -0.2) is 38.3 Å². The monoisotopic (exact) mass is 254 g/mol. The summed E-state index contributed by atoms with van der Waals surface area (Å²) >= 11 is 1.67. The molecule has 17 heavy (non-hydrogen) atoms. The van der Waals surface area contributed by atoms with Gasteiger partial charge in [-0.05, 0) is 28.8 Å². The van der Waals surface area contributed by atoms with Gasteiger partial charge in [0.05, 0.1) is 12.1 Å². The molecule has 0 radical (unpaired) electrons. The van der Waals surface area contributed by atoms with Crippen LogP contribution >= 0.6 is 11.3 Å². The fourth-order valence-electron chi connectivity index (χ4n) is 2.02. The minimum absolute atomic E-state index is 0.0973. The second-order valence-corrected chi connectivity index (χ2v) is 5.02. The van der Waals surface area contributed by atoms with Crippen molar-refractivity contribution in [1.82, 2.24) is 10.6 Å². The molecule has 2 heterocycles. The van der Waals surface area contributed by atoms with Crippen molar-refractivity contribution in [3.63, 3.8) is 0 Å². The first-order valence-electron chi connectivity index (χ1n) is 5.83. The Morgan fingerprint density at radius 3 is 3.24 bits per heavy atom. The summed E-state index contributed by atoms with van der Waals surface area (Å²) in [5.41, 5.74) is 1.23. The van der Waals surface area contributed by atoms with Crippen LogP contribution in [0.25, 0.3) is 0 Å². The number of carbonyl (C=O) groups is 1. The molecule has 1 amide bonds. The maximum Gasteiger partial charge on any atom is 0.220 e. The number of rotatable bonds is 5. The molecule has 1 aromatic heterocycles. The Bertz CT molecular complexity index is 353. The van der Waals surface area contributed by atoms with Crippen molar-refractivity contribution < 1.29 is 9.53 Å². The van der Waals surface area contributed by atoms with Crippen LogP contribution in [-0.2, 0) is 16.0 Å². The van der Waals surface area contributed by atoms with Gasteiger partial charge in [0.2, 0.25) is 5.91 Å². The molecule has 0 unspecified atom stereocenters. The molecule has 0 bridgehead atoms. The van der Waals surface area contributed by atoms with Crippen LogP contribution in [0.5, 0.6) is 0 Å². The van der Waals surface area contributed by atoms with Gasteiger partial charge in [0.1, 0.15) is 0 Å². The van der Waals surface area contributed by atoms with Crippen molar-refractivity contribution in [2.45, 2.75) is 25.0 Å². The minimum Gasteiger partial charge on any atom is -0.378 e. The first-order chi connectivity index (χ1) is 8.29. The van der Waals surface area contributed by atoms with Gasteiger partial charge in [-0.3, -0.25) is 4.79 Å². The molecule has 94 valence electrons. The topological polar surface area (TPSA) is 50.4 Å². The third-order valence-electron chi connectivity index (χ3n) is 3.03. The Kier molecular flexibility index (Phi) is 4.53. The van der Waals surface area contributed by atoms with E-state index in [0.29, 0.717) is 6.42 Å². The number of amides is 1. The molecular formula is C12H18N2O2S. The molecule has 2 rings (SSSR count). The number of aryl methyl sites for hydroxylation is 1. The molecule has 4 nitrogen and oxygen atoms in total. The number of thiophene rings is 1. The first kappa shape index (κ1) is 12.5. The van der Waals surface area contributed by atoms with Gasteiger partial charge in [-0.25, -0.2) is 0 Å². The number of nitrogens with one attached hydrogen (secondary N) is 2. The Labute approximate surface area is 105 Å². The standard InChI is InChI=1S/C12H18N2O2S/c1-16-11-7-13-6-10(11)14-12(15)3-2-9-4-5-17-8-9/h4-5,8,10-11,13H,2-3,6-7H2,1H3,(H,14,15)/t10-,11-/m0/s1. The Hall–Kier alpha value is -0.910. The highest BCUT2D eigenvalue weighted by molar-refractivity contribution is 7.07. The van der Waals surface area contributed by atoms with Crippen LogP contribution in [0.3, 0.4) is 0 Å². The van der Waals surface area contributed by atoms with Gasteiger partial charge in [-0.1, -0.05) is 0 Å². The molecule has 1 aliphatic rings. The maximum absolute atomic E-state index is 11.8. The summed E-state index contributed by atoms with van der Waals surface area (Å²) in [7, 11) is 1.68. The minimum atomic E-state index is 0.0973. The summed E-state index contributed by atoms with van der Waals surface area (Å²) in [4.78, 5) is 11.8. The number of hydrogen-bond acceptors (Lipinski definition) is 4. The first-order valence-corrected chi connectivity index (χ1v) is 6.78. The molecule has 5 heteroatoms. The van der Waals surface area contributed by atoms with Crippen molar-refractivity contribution in [3.8, 4) is 0 Å². The van der Waals surface area contributed by atoms with Gasteiger partial charge in [0, 0.05) is 26.6 Å². The Balaban J connectivity index is 1.73. The number of carbonyl (C=O) groups excluding carboxylic acids is 1. The molecular weight excluding hydrogens is 236 g/mol. The summed E-state index contributed by atoms with van der Waals surface area (Å²) in [6.45, 7) is 1.61. The molecule has 0 spiro atoms. The lowest BCUT2D eigenvalue weighted by molar-refractivity contribution is -0.122. The fraction of sp³-hybridized carbons (Fsp3) is 0.583. The van der Waals surface area contributed by atoms with Crippen LogP contribution in [0.1, 0.15) is 12.0 Å².